The highest BCUT2D eigenvalue weighted by Crippen LogP contribution is 2.12. The summed E-state index contributed by atoms with van der Waals surface area (Å²) in [7, 11) is 5.50. The van der Waals surface area contributed by atoms with Crippen molar-refractivity contribution in [2.45, 2.75) is 174 Å². The molecule has 2 atom stereocenters. The van der Waals surface area contributed by atoms with Crippen LogP contribution >= 0.6 is 0 Å². The zero-order valence-corrected chi connectivity index (χ0v) is 35.2. The third kappa shape index (κ3) is 34.8. The normalized spacial score (nSPS) is 13.6. The molecular formula is C46H80NO7+. The average Bonchev–Trinajstić information content (AvgIpc) is 3.12. The van der Waals surface area contributed by atoms with Gasteiger partial charge in [-0.25, -0.2) is 4.79 Å². The minimum atomic E-state index is -0.886. The molecular weight excluding hydrogens is 679 g/mol. The number of carbonyl (C=O) groups is 3. The number of carbonyl (C=O) groups excluding carboxylic acids is 2. The summed E-state index contributed by atoms with van der Waals surface area (Å²) in [4.78, 5) is 36.9. The van der Waals surface area contributed by atoms with Gasteiger partial charge in [0, 0.05) is 19.3 Å². The number of quaternary nitrogens is 1. The molecule has 54 heavy (non-hydrogen) atoms. The molecule has 0 spiro atoms. The molecule has 0 bridgehead atoms. The van der Waals surface area contributed by atoms with Crippen molar-refractivity contribution in [3.8, 4) is 0 Å². The summed E-state index contributed by atoms with van der Waals surface area (Å²) < 4.78 is 17.2. The largest absolute Gasteiger partial charge is 0.477 e. The minimum Gasteiger partial charge on any atom is -0.477 e. The summed E-state index contributed by atoms with van der Waals surface area (Å²) in [5.74, 6) is -1.55. The number of rotatable bonds is 37. The lowest BCUT2D eigenvalue weighted by molar-refractivity contribution is -0.887. The highest BCUT2D eigenvalue weighted by Gasteiger charge is 2.31. The number of hydrogen-bond donors (Lipinski definition) is 1. The topological polar surface area (TPSA) is 99.1 Å². The number of allylic oxidation sites excluding steroid dienone is 10. The SMILES string of the molecule is CC/C=C/C/C=C/C/C=C/CCCCC(=O)OC(COCCC(C(=O)O)[N+](C)(C)C)COC(=O)CCCCCCC/C=C/C=C/CCCCCCCCC. The molecule has 0 saturated heterocycles. The number of unbranched alkanes of at least 4 members (excludes halogenated alkanes) is 14. The number of carboxylic acids is 1. The van der Waals surface area contributed by atoms with E-state index in [4.69, 9.17) is 14.2 Å². The van der Waals surface area contributed by atoms with Gasteiger partial charge in [-0.2, -0.15) is 0 Å². The van der Waals surface area contributed by atoms with E-state index in [0.29, 0.717) is 19.3 Å². The molecule has 0 heterocycles. The Hall–Kier alpha value is -2.97. The van der Waals surface area contributed by atoms with Gasteiger partial charge in [0.1, 0.15) is 6.61 Å². The van der Waals surface area contributed by atoms with Crippen LogP contribution in [0.3, 0.4) is 0 Å². The summed E-state index contributed by atoms with van der Waals surface area (Å²) in [6.07, 6.45) is 44.1. The molecule has 0 amide bonds. The Bertz CT molecular complexity index is 1070. The Morgan fingerprint density at radius 3 is 1.69 bits per heavy atom. The second-order valence-corrected chi connectivity index (χ2v) is 15.2. The number of aliphatic carboxylic acids is 1. The molecule has 0 aromatic heterocycles. The second kappa shape index (κ2) is 37.0. The molecule has 1 N–H and O–H groups in total. The molecule has 0 aliphatic rings. The molecule has 0 rings (SSSR count). The number of carboxylic acid groups (broad SMARTS) is 1. The van der Waals surface area contributed by atoms with Gasteiger partial charge >= 0.3 is 17.9 Å². The van der Waals surface area contributed by atoms with Crippen molar-refractivity contribution < 1.29 is 38.2 Å². The van der Waals surface area contributed by atoms with Gasteiger partial charge in [-0.05, 0) is 70.6 Å². The van der Waals surface area contributed by atoms with Crippen molar-refractivity contribution in [3.63, 3.8) is 0 Å². The summed E-state index contributed by atoms with van der Waals surface area (Å²) in [5, 5.41) is 9.60. The monoisotopic (exact) mass is 759 g/mol. The predicted octanol–water partition coefficient (Wildman–Crippen LogP) is 11.4. The van der Waals surface area contributed by atoms with Crippen LogP contribution in [0.25, 0.3) is 0 Å². The molecule has 0 radical (unpaired) electrons. The van der Waals surface area contributed by atoms with E-state index in [2.05, 4.69) is 74.6 Å². The molecule has 0 aromatic rings. The predicted molar refractivity (Wildman–Crippen MR) is 224 cm³/mol. The van der Waals surface area contributed by atoms with Crippen LogP contribution in [-0.4, -0.2) is 80.6 Å². The first-order chi connectivity index (χ1) is 26.1. The first kappa shape index (κ1) is 51.0. The second-order valence-electron chi connectivity index (χ2n) is 15.2. The highest BCUT2D eigenvalue weighted by atomic mass is 16.6. The van der Waals surface area contributed by atoms with Gasteiger partial charge in [-0.1, -0.05) is 132 Å². The van der Waals surface area contributed by atoms with Crippen molar-refractivity contribution in [3.05, 3.63) is 60.8 Å². The third-order valence-corrected chi connectivity index (χ3v) is 9.18. The van der Waals surface area contributed by atoms with Crippen LogP contribution in [0.5, 0.6) is 0 Å². The van der Waals surface area contributed by atoms with Crippen molar-refractivity contribution in [1.29, 1.82) is 0 Å². The molecule has 0 aliphatic carbocycles. The zero-order chi connectivity index (χ0) is 40.0. The van der Waals surface area contributed by atoms with Gasteiger partial charge in [0.15, 0.2) is 12.1 Å². The molecule has 8 nitrogen and oxygen atoms in total. The van der Waals surface area contributed by atoms with Crippen molar-refractivity contribution in [2.75, 3.05) is 41.0 Å². The Labute approximate surface area is 330 Å². The van der Waals surface area contributed by atoms with Gasteiger partial charge in [0.25, 0.3) is 0 Å². The zero-order valence-electron chi connectivity index (χ0n) is 35.2. The van der Waals surface area contributed by atoms with Crippen molar-refractivity contribution in [1.82, 2.24) is 0 Å². The van der Waals surface area contributed by atoms with E-state index in [1.165, 1.54) is 51.4 Å². The highest BCUT2D eigenvalue weighted by molar-refractivity contribution is 5.72. The summed E-state index contributed by atoms with van der Waals surface area (Å²) in [6.45, 7) is 4.54. The lowest BCUT2D eigenvalue weighted by Crippen LogP contribution is -2.50. The number of esters is 2. The van der Waals surface area contributed by atoms with Gasteiger partial charge < -0.3 is 23.8 Å². The minimum absolute atomic E-state index is 0.0381. The molecule has 0 saturated carbocycles. The third-order valence-electron chi connectivity index (χ3n) is 9.18. The fourth-order valence-corrected chi connectivity index (χ4v) is 5.86. The van der Waals surface area contributed by atoms with E-state index < -0.39 is 18.1 Å². The van der Waals surface area contributed by atoms with Crippen LogP contribution < -0.4 is 0 Å². The lowest BCUT2D eigenvalue weighted by atomic mass is 10.1. The lowest BCUT2D eigenvalue weighted by Gasteiger charge is -2.31. The van der Waals surface area contributed by atoms with E-state index in [1.54, 1.807) is 0 Å². The first-order valence-corrected chi connectivity index (χ1v) is 21.3. The summed E-state index contributed by atoms with van der Waals surface area (Å²) in [6, 6.07) is -0.625. The molecule has 2 unspecified atom stereocenters. The summed E-state index contributed by atoms with van der Waals surface area (Å²) in [5.41, 5.74) is 0. The van der Waals surface area contributed by atoms with Gasteiger partial charge in [0.2, 0.25) is 0 Å². The quantitative estimate of drug-likeness (QED) is 0.0221. The fraction of sp³-hybridized carbons (Fsp3) is 0.717. The molecule has 0 aliphatic heterocycles. The Kier molecular flexibility index (Phi) is 34.9. The van der Waals surface area contributed by atoms with E-state index >= 15 is 0 Å². The van der Waals surface area contributed by atoms with Crippen molar-refractivity contribution >= 4 is 17.9 Å². The number of ether oxygens (including phenoxy) is 3. The van der Waals surface area contributed by atoms with Crippen LogP contribution in [0.2, 0.25) is 0 Å². The smallest absolute Gasteiger partial charge is 0.362 e. The molecule has 0 fully saturated rings. The molecule has 8 heteroatoms. The molecule has 0 aromatic carbocycles. The maximum absolute atomic E-state index is 12.7. The average molecular weight is 759 g/mol. The van der Waals surface area contributed by atoms with Crippen LogP contribution in [0.4, 0.5) is 0 Å². The Balaban J connectivity index is 4.41. The fourth-order valence-electron chi connectivity index (χ4n) is 5.86. The van der Waals surface area contributed by atoms with Gasteiger partial charge in [-0.3, -0.25) is 9.59 Å². The van der Waals surface area contributed by atoms with Crippen molar-refractivity contribution in [2.24, 2.45) is 0 Å². The van der Waals surface area contributed by atoms with E-state index in [0.717, 1.165) is 70.6 Å². The number of hydrogen-bond acceptors (Lipinski definition) is 6. The first-order valence-electron chi connectivity index (χ1n) is 21.3. The van der Waals surface area contributed by atoms with Crippen LogP contribution in [0, 0.1) is 0 Å². The van der Waals surface area contributed by atoms with Crippen LogP contribution in [0.1, 0.15) is 162 Å². The molecule has 310 valence electrons. The summed E-state index contributed by atoms with van der Waals surface area (Å²) >= 11 is 0. The Morgan fingerprint density at radius 2 is 1.09 bits per heavy atom. The number of nitrogens with zero attached hydrogens (tertiary/aromatic N) is 1. The van der Waals surface area contributed by atoms with E-state index in [1.807, 2.05) is 21.1 Å². The van der Waals surface area contributed by atoms with Gasteiger partial charge in [-0.15, -0.1) is 0 Å². The maximum Gasteiger partial charge on any atom is 0.362 e. The van der Waals surface area contributed by atoms with E-state index in [9.17, 15) is 19.5 Å². The van der Waals surface area contributed by atoms with Crippen LogP contribution in [-0.2, 0) is 28.6 Å². The van der Waals surface area contributed by atoms with Crippen LogP contribution in [0.15, 0.2) is 60.8 Å². The number of likely N-dealkylation sites (N-methyl/N-ethyl adjacent to an activating group) is 1. The Morgan fingerprint density at radius 1 is 0.593 bits per heavy atom. The van der Waals surface area contributed by atoms with Gasteiger partial charge in [0.05, 0.1) is 34.4 Å². The standard InChI is InChI=1S/C46H79NO7/c1-6-8-10-12-14-16-18-20-21-22-23-24-25-27-28-30-32-34-36-44(48)53-41-42(40-52-39-38-43(46(50)51)47(3,4)5)54-45(49)37-35-33-31-29-26-19-17-15-13-11-9-7-2/h9,11,15,17,21-24,26,29,42-43H,6-8,10,12-14,16,18-20,25,27-28,30-41H2,1-5H3/p+1/b11-9+,17-15+,22-21+,24-23+,29-26+. The van der Waals surface area contributed by atoms with E-state index in [-0.39, 0.29) is 42.7 Å². The maximum atomic E-state index is 12.7.